The zero-order valence-electron chi connectivity index (χ0n) is 9.44. The molecule has 0 spiro atoms. The Morgan fingerprint density at radius 3 is 2.62 bits per heavy atom. The van der Waals surface area contributed by atoms with Gasteiger partial charge < -0.3 is 5.32 Å². The summed E-state index contributed by atoms with van der Waals surface area (Å²) in [6.45, 7) is 2.09. The Morgan fingerprint density at radius 2 is 2.06 bits per heavy atom. The van der Waals surface area contributed by atoms with E-state index in [-0.39, 0.29) is 5.91 Å². The molecule has 16 heavy (non-hydrogen) atoms. The van der Waals surface area contributed by atoms with Crippen molar-refractivity contribution in [2.75, 3.05) is 0 Å². The molecule has 0 aliphatic heterocycles. The number of amides is 1. The maximum absolute atomic E-state index is 11.7. The van der Waals surface area contributed by atoms with Gasteiger partial charge in [-0.05, 0) is 43.4 Å². The number of thiol groups is 1. The third kappa shape index (κ3) is 3.27. The molecule has 0 saturated heterocycles. The minimum atomic E-state index is 0.117. The van der Waals surface area contributed by atoms with Crippen LogP contribution in [-0.2, 0) is 11.2 Å². The second-order valence-corrected chi connectivity index (χ2v) is 5.05. The summed E-state index contributed by atoms with van der Waals surface area (Å²) in [5, 5.41) is 3.05. The fourth-order valence-corrected chi connectivity index (χ4v) is 1.97. The van der Waals surface area contributed by atoms with Crippen molar-refractivity contribution in [2.24, 2.45) is 5.92 Å². The first-order valence-corrected chi connectivity index (χ1v) is 6.17. The molecule has 2 nitrogen and oxygen atoms in total. The lowest BCUT2D eigenvalue weighted by Gasteiger charge is -2.12. The van der Waals surface area contributed by atoms with Gasteiger partial charge in [-0.15, -0.1) is 12.6 Å². The molecule has 1 N–H and O–H groups in total. The molecule has 0 heterocycles. The highest BCUT2D eigenvalue weighted by Gasteiger charge is 2.28. The molecule has 1 amide bonds. The topological polar surface area (TPSA) is 29.1 Å². The van der Waals surface area contributed by atoms with Crippen molar-refractivity contribution in [1.82, 2.24) is 5.32 Å². The summed E-state index contributed by atoms with van der Waals surface area (Å²) in [5.74, 6) is 0.829. The Bertz CT molecular complexity index is 370. The van der Waals surface area contributed by atoms with E-state index < -0.39 is 0 Å². The Balaban J connectivity index is 1.84. The number of nitrogens with one attached hydrogen (secondary N) is 1. The summed E-state index contributed by atoms with van der Waals surface area (Å²) >= 11 is 4.21. The predicted molar refractivity (Wildman–Crippen MR) is 67.7 cm³/mol. The van der Waals surface area contributed by atoms with E-state index in [9.17, 15) is 4.79 Å². The third-order valence-corrected chi connectivity index (χ3v) is 3.32. The first-order valence-electron chi connectivity index (χ1n) is 5.72. The molecule has 1 fully saturated rings. The average molecular weight is 235 g/mol. The number of hydrogen-bond donors (Lipinski definition) is 2. The van der Waals surface area contributed by atoms with Crippen molar-refractivity contribution in [1.29, 1.82) is 0 Å². The van der Waals surface area contributed by atoms with Gasteiger partial charge >= 0.3 is 0 Å². The minimum absolute atomic E-state index is 0.117. The van der Waals surface area contributed by atoms with E-state index in [1.165, 1.54) is 12.8 Å². The standard InChI is InChI=1S/C13H17NOS/c1-9(11-4-5-11)14-13(15)8-10-2-6-12(16)7-3-10/h2-3,6-7,9,11,16H,4-5,8H2,1H3,(H,14,15). The molecule has 1 aliphatic rings. The van der Waals surface area contributed by atoms with E-state index in [1.807, 2.05) is 24.3 Å². The summed E-state index contributed by atoms with van der Waals surface area (Å²) in [4.78, 5) is 12.6. The van der Waals surface area contributed by atoms with E-state index in [4.69, 9.17) is 0 Å². The summed E-state index contributed by atoms with van der Waals surface area (Å²) in [6, 6.07) is 8.05. The lowest BCUT2D eigenvalue weighted by molar-refractivity contribution is -0.121. The van der Waals surface area contributed by atoms with Crippen LogP contribution in [0.4, 0.5) is 0 Å². The fraction of sp³-hybridized carbons (Fsp3) is 0.462. The molecular weight excluding hydrogens is 218 g/mol. The van der Waals surface area contributed by atoms with Crippen molar-refractivity contribution in [2.45, 2.75) is 37.1 Å². The van der Waals surface area contributed by atoms with Gasteiger partial charge in [0.05, 0.1) is 6.42 Å². The number of rotatable bonds is 4. The van der Waals surface area contributed by atoms with Crippen LogP contribution in [0, 0.1) is 5.92 Å². The van der Waals surface area contributed by atoms with Crippen molar-refractivity contribution >= 4 is 18.5 Å². The van der Waals surface area contributed by atoms with E-state index in [0.29, 0.717) is 18.4 Å². The van der Waals surface area contributed by atoms with Gasteiger partial charge in [-0.1, -0.05) is 12.1 Å². The second kappa shape index (κ2) is 4.91. The van der Waals surface area contributed by atoms with E-state index in [2.05, 4.69) is 24.9 Å². The molecule has 86 valence electrons. The Hall–Kier alpha value is -0.960. The highest BCUT2D eigenvalue weighted by atomic mass is 32.1. The van der Waals surface area contributed by atoms with Gasteiger partial charge in [0, 0.05) is 10.9 Å². The summed E-state index contributed by atoms with van der Waals surface area (Å²) in [6.07, 6.45) is 2.98. The molecule has 1 aromatic carbocycles. The van der Waals surface area contributed by atoms with E-state index >= 15 is 0 Å². The number of benzene rings is 1. The van der Waals surface area contributed by atoms with Crippen LogP contribution in [0.15, 0.2) is 29.2 Å². The van der Waals surface area contributed by atoms with Gasteiger partial charge in [0.15, 0.2) is 0 Å². The monoisotopic (exact) mass is 235 g/mol. The zero-order chi connectivity index (χ0) is 11.5. The molecule has 1 saturated carbocycles. The zero-order valence-corrected chi connectivity index (χ0v) is 10.3. The van der Waals surface area contributed by atoms with Crippen LogP contribution in [0.2, 0.25) is 0 Å². The van der Waals surface area contributed by atoms with Gasteiger partial charge in [-0.2, -0.15) is 0 Å². The number of carbonyl (C=O) groups excluding carboxylic acids is 1. The van der Waals surface area contributed by atoms with Crippen LogP contribution >= 0.6 is 12.6 Å². The highest BCUT2D eigenvalue weighted by molar-refractivity contribution is 7.80. The molecule has 0 bridgehead atoms. The molecule has 3 heteroatoms. The smallest absolute Gasteiger partial charge is 0.224 e. The van der Waals surface area contributed by atoms with Crippen molar-refractivity contribution in [3.63, 3.8) is 0 Å². The van der Waals surface area contributed by atoms with Gasteiger partial charge in [0.25, 0.3) is 0 Å². The summed E-state index contributed by atoms with van der Waals surface area (Å²) in [5.41, 5.74) is 1.04. The van der Waals surface area contributed by atoms with Crippen LogP contribution in [0.1, 0.15) is 25.3 Å². The van der Waals surface area contributed by atoms with Crippen molar-refractivity contribution < 1.29 is 4.79 Å². The molecule has 0 aromatic heterocycles. The van der Waals surface area contributed by atoms with E-state index in [1.54, 1.807) is 0 Å². The normalized spacial score (nSPS) is 16.9. The second-order valence-electron chi connectivity index (χ2n) is 4.54. The molecule has 1 aliphatic carbocycles. The Labute approximate surface area is 102 Å². The Kier molecular flexibility index (Phi) is 3.54. The first kappa shape index (κ1) is 11.5. The van der Waals surface area contributed by atoms with Crippen molar-refractivity contribution in [3.8, 4) is 0 Å². The largest absolute Gasteiger partial charge is 0.353 e. The van der Waals surface area contributed by atoms with Gasteiger partial charge in [-0.25, -0.2) is 0 Å². The summed E-state index contributed by atoms with van der Waals surface area (Å²) < 4.78 is 0. The minimum Gasteiger partial charge on any atom is -0.353 e. The molecular formula is C13H17NOS. The van der Waals surface area contributed by atoms with Crippen LogP contribution in [0.5, 0.6) is 0 Å². The first-order chi connectivity index (χ1) is 7.65. The fourth-order valence-electron chi connectivity index (χ4n) is 1.82. The highest BCUT2D eigenvalue weighted by Crippen LogP contribution is 2.32. The summed E-state index contributed by atoms with van der Waals surface area (Å²) in [7, 11) is 0. The van der Waals surface area contributed by atoms with E-state index in [0.717, 1.165) is 10.5 Å². The van der Waals surface area contributed by atoms with Gasteiger partial charge in [-0.3, -0.25) is 4.79 Å². The average Bonchev–Trinajstić information content (AvgIpc) is 3.04. The Morgan fingerprint density at radius 1 is 1.44 bits per heavy atom. The maximum atomic E-state index is 11.7. The van der Waals surface area contributed by atoms with Crippen LogP contribution in [-0.4, -0.2) is 11.9 Å². The maximum Gasteiger partial charge on any atom is 0.224 e. The predicted octanol–water partition coefficient (Wildman–Crippen LogP) is 2.43. The van der Waals surface area contributed by atoms with Crippen LogP contribution in [0.25, 0.3) is 0 Å². The van der Waals surface area contributed by atoms with Crippen LogP contribution in [0.3, 0.4) is 0 Å². The molecule has 2 rings (SSSR count). The molecule has 1 atom stereocenters. The quantitative estimate of drug-likeness (QED) is 0.771. The lowest BCUT2D eigenvalue weighted by atomic mass is 10.1. The molecule has 1 unspecified atom stereocenters. The van der Waals surface area contributed by atoms with Crippen LogP contribution < -0.4 is 5.32 Å². The number of carbonyl (C=O) groups is 1. The molecule has 1 aromatic rings. The third-order valence-electron chi connectivity index (χ3n) is 3.02. The lowest BCUT2D eigenvalue weighted by Crippen LogP contribution is -2.35. The van der Waals surface area contributed by atoms with Gasteiger partial charge in [0.1, 0.15) is 0 Å². The van der Waals surface area contributed by atoms with Gasteiger partial charge in [0.2, 0.25) is 5.91 Å². The number of hydrogen-bond acceptors (Lipinski definition) is 2. The SMILES string of the molecule is CC(NC(=O)Cc1ccc(S)cc1)C1CC1. The van der Waals surface area contributed by atoms with Crippen molar-refractivity contribution in [3.05, 3.63) is 29.8 Å². The molecule has 0 radical (unpaired) electrons.